The number of anilines is 1. The standard InChI is InChI=1S/C12H19BrN2/c1-3-9-15(2)10-8-14-12-7-5-4-6-11(12)13/h4-7,14H,3,8-10H2,1-2H3. The fourth-order valence-corrected chi connectivity index (χ4v) is 1.90. The van der Waals surface area contributed by atoms with Crippen molar-refractivity contribution in [3.63, 3.8) is 0 Å². The van der Waals surface area contributed by atoms with Crippen molar-refractivity contribution in [1.82, 2.24) is 4.90 Å². The molecule has 0 radical (unpaired) electrons. The van der Waals surface area contributed by atoms with E-state index in [1.807, 2.05) is 12.1 Å². The molecule has 0 saturated heterocycles. The predicted octanol–water partition coefficient (Wildman–Crippen LogP) is 3.20. The molecule has 0 spiro atoms. The van der Waals surface area contributed by atoms with Gasteiger partial charge in [0.05, 0.1) is 0 Å². The van der Waals surface area contributed by atoms with Gasteiger partial charge in [-0.3, -0.25) is 0 Å². The molecule has 0 saturated carbocycles. The van der Waals surface area contributed by atoms with Gasteiger partial charge in [0, 0.05) is 23.2 Å². The third kappa shape index (κ3) is 4.67. The molecule has 0 atom stereocenters. The Labute approximate surface area is 101 Å². The van der Waals surface area contributed by atoms with Crippen LogP contribution in [0.4, 0.5) is 5.69 Å². The van der Waals surface area contributed by atoms with E-state index < -0.39 is 0 Å². The van der Waals surface area contributed by atoms with Crippen LogP contribution < -0.4 is 5.32 Å². The molecular weight excluding hydrogens is 252 g/mol. The Morgan fingerprint density at radius 2 is 2.00 bits per heavy atom. The maximum atomic E-state index is 3.52. The summed E-state index contributed by atoms with van der Waals surface area (Å²) in [5, 5.41) is 3.41. The molecule has 0 amide bonds. The number of hydrogen-bond acceptors (Lipinski definition) is 2. The second-order valence-corrected chi connectivity index (χ2v) is 4.56. The Hall–Kier alpha value is -0.540. The maximum absolute atomic E-state index is 3.52. The minimum Gasteiger partial charge on any atom is -0.383 e. The van der Waals surface area contributed by atoms with Gasteiger partial charge in [-0.25, -0.2) is 0 Å². The van der Waals surface area contributed by atoms with E-state index in [2.05, 4.69) is 52.3 Å². The summed E-state index contributed by atoms with van der Waals surface area (Å²) in [6.07, 6.45) is 1.21. The van der Waals surface area contributed by atoms with Crippen molar-refractivity contribution in [1.29, 1.82) is 0 Å². The zero-order valence-electron chi connectivity index (χ0n) is 9.46. The van der Waals surface area contributed by atoms with Crippen LogP contribution in [0.3, 0.4) is 0 Å². The van der Waals surface area contributed by atoms with Crippen molar-refractivity contribution in [3.8, 4) is 0 Å². The highest BCUT2D eigenvalue weighted by Gasteiger charge is 1.98. The molecule has 0 aliphatic heterocycles. The minimum atomic E-state index is 0.985. The molecule has 0 bridgehead atoms. The van der Waals surface area contributed by atoms with E-state index >= 15 is 0 Å². The van der Waals surface area contributed by atoms with Gasteiger partial charge in [0.1, 0.15) is 0 Å². The topological polar surface area (TPSA) is 15.3 Å². The van der Waals surface area contributed by atoms with Crippen LogP contribution in [0.25, 0.3) is 0 Å². The summed E-state index contributed by atoms with van der Waals surface area (Å²) in [4.78, 5) is 2.34. The smallest absolute Gasteiger partial charge is 0.0485 e. The maximum Gasteiger partial charge on any atom is 0.0485 e. The molecule has 1 aromatic carbocycles. The summed E-state index contributed by atoms with van der Waals surface area (Å²) < 4.78 is 1.13. The molecule has 0 aromatic heterocycles. The molecule has 0 unspecified atom stereocenters. The quantitative estimate of drug-likeness (QED) is 0.854. The zero-order valence-corrected chi connectivity index (χ0v) is 11.0. The molecule has 84 valence electrons. The first kappa shape index (κ1) is 12.5. The first-order valence-corrected chi connectivity index (χ1v) is 6.20. The molecule has 0 fully saturated rings. The van der Waals surface area contributed by atoms with Gasteiger partial charge < -0.3 is 10.2 Å². The van der Waals surface area contributed by atoms with E-state index in [1.165, 1.54) is 12.1 Å². The largest absolute Gasteiger partial charge is 0.383 e. The van der Waals surface area contributed by atoms with Crippen molar-refractivity contribution in [2.45, 2.75) is 13.3 Å². The number of nitrogens with one attached hydrogen (secondary N) is 1. The Morgan fingerprint density at radius 1 is 1.27 bits per heavy atom. The lowest BCUT2D eigenvalue weighted by atomic mass is 10.3. The van der Waals surface area contributed by atoms with Crippen LogP contribution in [0.15, 0.2) is 28.7 Å². The van der Waals surface area contributed by atoms with Gasteiger partial charge in [-0.15, -0.1) is 0 Å². The van der Waals surface area contributed by atoms with Gasteiger partial charge in [-0.2, -0.15) is 0 Å². The van der Waals surface area contributed by atoms with Crippen molar-refractivity contribution in [2.24, 2.45) is 0 Å². The van der Waals surface area contributed by atoms with Crippen molar-refractivity contribution < 1.29 is 0 Å². The average Bonchev–Trinajstić information content (AvgIpc) is 2.21. The number of para-hydroxylation sites is 1. The summed E-state index contributed by atoms with van der Waals surface area (Å²) in [5.41, 5.74) is 1.17. The average molecular weight is 271 g/mol. The summed E-state index contributed by atoms with van der Waals surface area (Å²) in [6.45, 7) is 5.43. The lowest BCUT2D eigenvalue weighted by Crippen LogP contribution is -2.25. The highest BCUT2D eigenvalue weighted by molar-refractivity contribution is 9.10. The molecule has 1 rings (SSSR count). The number of nitrogens with zero attached hydrogens (tertiary/aromatic N) is 1. The van der Waals surface area contributed by atoms with Gasteiger partial charge in [0.2, 0.25) is 0 Å². The van der Waals surface area contributed by atoms with Crippen molar-refractivity contribution >= 4 is 21.6 Å². The van der Waals surface area contributed by atoms with Gasteiger partial charge >= 0.3 is 0 Å². The SMILES string of the molecule is CCCN(C)CCNc1ccccc1Br. The van der Waals surface area contributed by atoms with Crippen molar-refractivity contribution in [2.75, 3.05) is 32.0 Å². The number of rotatable bonds is 6. The van der Waals surface area contributed by atoms with Crippen LogP contribution in [-0.2, 0) is 0 Å². The number of halogens is 1. The summed E-state index contributed by atoms with van der Waals surface area (Å²) in [7, 11) is 2.16. The second kappa shape index (κ2) is 6.85. The van der Waals surface area contributed by atoms with E-state index in [9.17, 15) is 0 Å². The van der Waals surface area contributed by atoms with Gasteiger partial charge in [0.15, 0.2) is 0 Å². The van der Waals surface area contributed by atoms with E-state index in [4.69, 9.17) is 0 Å². The van der Waals surface area contributed by atoms with Crippen LogP contribution in [0.2, 0.25) is 0 Å². The molecule has 0 aliphatic rings. The molecule has 0 aliphatic carbocycles. The zero-order chi connectivity index (χ0) is 11.1. The molecule has 1 aromatic rings. The lowest BCUT2D eigenvalue weighted by Gasteiger charge is -2.16. The molecule has 3 heteroatoms. The Kier molecular flexibility index (Phi) is 5.73. The van der Waals surface area contributed by atoms with Crippen LogP contribution in [0.1, 0.15) is 13.3 Å². The monoisotopic (exact) mass is 270 g/mol. The highest BCUT2D eigenvalue weighted by atomic mass is 79.9. The normalized spacial score (nSPS) is 10.7. The number of benzene rings is 1. The third-order valence-electron chi connectivity index (χ3n) is 2.29. The van der Waals surface area contributed by atoms with Crippen LogP contribution >= 0.6 is 15.9 Å². The third-order valence-corrected chi connectivity index (χ3v) is 2.98. The van der Waals surface area contributed by atoms with Crippen LogP contribution in [0, 0.1) is 0 Å². The Balaban J connectivity index is 2.29. The minimum absolute atomic E-state index is 0.985. The summed E-state index contributed by atoms with van der Waals surface area (Å²) in [6, 6.07) is 8.21. The fraction of sp³-hybridized carbons (Fsp3) is 0.500. The first-order valence-electron chi connectivity index (χ1n) is 5.41. The number of likely N-dealkylation sites (N-methyl/N-ethyl adjacent to an activating group) is 1. The van der Waals surface area contributed by atoms with E-state index in [0.29, 0.717) is 0 Å². The Bertz CT molecular complexity index is 289. The van der Waals surface area contributed by atoms with Gasteiger partial charge in [0.25, 0.3) is 0 Å². The molecule has 2 nitrogen and oxygen atoms in total. The predicted molar refractivity (Wildman–Crippen MR) is 70.4 cm³/mol. The highest BCUT2D eigenvalue weighted by Crippen LogP contribution is 2.20. The molecule has 1 N–H and O–H groups in total. The van der Waals surface area contributed by atoms with E-state index in [0.717, 1.165) is 24.1 Å². The van der Waals surface area contributed by atoms with Crippen molar-refractivity contribution in [3.05, 3.63) is 28.7 Å². The summed E-state index contributed by atoms with van der Waals surface area (Å²) >= 11 is 3.52. The van der Waals surface area contributed by atoms with E-state index in [-0.39, 0.29) is 0 Å². The van der Waals surface area contributed by atoms with Gasteiger partial charge in [-0.1, -0.05) is 19.1 Å². The van der Waals surface area contributed by atoms with E-state index in [1.54, 1.807) is 0 Å². The molecular formula is C12H19BrN2. The fourth-order valence-electron chi connectivity index (χ4n) is 1.48. The Morgan fingerprint density at radius 3 is 2.67 bits per heavy atom. The second-order valence-electron chi connectivity index (χ2n) is 3.71. The first-order chi connectivity index (χ1) is 7.24. The molecule has 0 heterocycles. The lowest BCUT2D eigenvalue weighted by molar-refractivity contribution is 0.348. The van der Waals surface area contributed by atoms with Crippen LogP contribution in [-0.4, -0.2) is 31.6 Å². The molecule has 15 heavy (non-hydrogen) atoms. The van der Waals surface area contributed by atoms with Gasteiger partial charge in [-0.05, 0) is 48.1 Å². The summed E-state index contributed by atoms with van der Waals surface area (Å²) in [5.74, 6) is 0. The van der Waals surface area contributed by atoms with Crippen LogP contribution in [0.5, 0.6) is 0 Å². The number of hydrogen-bond donors (Lipinski definition) is 1.